The average molecular weight is 327 g/mol. The van der Waals surface area contributed by atoms with E-state index in [1.165, 1.54) is 6.26 Å². The second kappa shape index (κ2) is 5.49. The summed E-state index contributed by atoms with van der Waals surface area (Å²) in [4.78, 5) is 0. The van der Waals surface area contributed by atoms with Crippen LogP contribution in [0.4, 0.5) is 0 Å². The molecule has 0 heterocycles. The Labute approximate surface area is 109 Å². The SMILES string of the molecule is CS(=O)(=O)CC(N)Cc1ccc(Br)cc1Cl. The first-order chi connectivity index (χ1) is 7.28. The first-order valence-electron chi connectivity index (χ1n) is 4.65. The monoisotopic (exact) mass is 325 g/mol. The highest BCUT2D eigenvalue weighted by molar-refractivity contribution is 9.10. The fraction of sp³-hybridized carbons (Fsp3) is 0.400. The quantitative estimate of drug-likeness (QED) is 0.921. The summed E-state index contributed by atoms with van der Waals surface area (Å²) >= 11 is 9.31. The Morgan fingerprint density at radius 2 is 2.12 bits per heavy atom. The van der Waals surface area contributed by atoms with Crippen LogP contribution in [0.3, 0.4) is 0 Å². The predicted octanol–water partition coefficient (Wildman–Crippen LogP) is 2.02. The van der Waals surface area contributed by atoms with Crippen molar-refractivity contribution in [3.8, 4) is 0 Å². The topological polar surface area (TPSA) is 60.2 Å². The van der Waals surface area contributed by atoms with E-state index in [4.69, 9.17) is 17.3 Å². The Kier molecular flexibility index (Phi) is 4.79. The smallest absolute Gasteiger partial charge is 0.148 e. The lowest BCUT2D eigenvalue weighted by molar-refractivity contribution is 0.591. The van der Waals surface area contributed by atoms with Gasteiger partial charge in [-0.15, -0.1) is 0 Å². The molecule has 16 heavy (non-hydrogen) atoms. The number of sulfone groups is 1. The van der Waals surface area contributed by atoms with Crippen molar-refractivity contribution in [3.05, 3.63) is 33.3 Å². The molecule has 0 bridgehead atoms. The molecule has 0 saturated carbocycles. The van der Waals surface area contributed by atoms with Gasteiger partial charge in [-0.25, -0.2) is 8.42 Å². The first-order valence-corrected chi connectivity index (χ1v) is 7.88. The maximum atomic E-state index is 11.1. The Morgan fingerprint density at radius 3 is 2.62 bits per heavy atom. The zero-order valence-corrected chi connectivity index (χ0v) is 11.9. The molecule has 0 amide bonds. The van der Waals surface area contributed by atoms with Crippen molar-refractivity contribution >= 4 is 37.4 Å². The lowest BCUT2D eigenvalue weighted by Crippen LogP contribution is -2.31. The van der Waals surface area contributed by atoms with E-state index in [1.54, 1.807) is 6.07 Å². The number of hydrogen-bond donors (Lipinski definition) is 1. The molecule has 1 aromatic carbocycles. The van der Waals surface area contributed by atoms with E-state index in [1.807, 2.05) is 12.1 Å². The maximum Gasteiger partial charge on any atom is 0.148 e. The minimum atomic E-state index is -3.04. The third-order valence-electron chi connectivity index (χ3n) is 2.01. The van der Waals surface area contributed by atoms with E-state index in [2.05, 4.69) is 15.9 Å². The van der Waals surface area contributed by atoms with Gasteiger partial charge in [0.25, 0.3) is 0 Å². The highest BCUT2D eigenvalue weighted by Gasteiger charge is 2.13. The Balaban J connectivity index is 2.73. The minimum absolute atomic E-state index is 0.0284. The molecule has 6 heteroatoms. The standard InChI is InChI=1S/C10H13BrClNO2S/c1-16(14,15)6-9(13)4-7-2-3-8(11)5-10(7)12/h2-3,5,9H,4,6,13H2,1H3. The van der Waals surface area contributed by atoms with Crippen LogP contribution in [-0.4, -0.2) is 26.5 Å². The number of halogens is 2. The van der Waals surface area contributed by atoms with Crippen LogP contribution in [0, 0.1) is 0 Å². The van der Waals surface area contributed by atoms with Crippen LogP contribution in [-0.2, 0) is 16.3 Å². The summed E-state index contributed by atoms with van der Waals surface area (Å²) in [5.74, 6) is -0.0284. The summed E-state index contributed by atoms with van der Waals surface area (Å²) in [6.45, 7) is 0. The largest absolute Gasteiger partial charge is 0.326 e. The van der Waals surface area contributed by atoms with Crippen molar-refractivity contribution in [2.45, 2.75) is 12.5 Å². The van der Waals surface area contributed by atoms with Gasteiger partial charge in [0.2, 0.25) is 0 Å². The number of rotatable bonds is 4. The van der Waals surface area contributed by atoms with Crippen molar-refractivity contribution in [2.24, 2.45) is 5.73 Å². The molecule has 0 fully saturated rings. The fourth-order valence-electron chi connectivity index (χ4n) is 1.42. The third kappa shape index (κ3) is 4.82. The highest BCUT2D eigenvalue weighted by Crippen LogP contribution is 2.22. The second-order valence-electron chi connectivity index (χ2n) is 3.79. The van der Waals surface area contributed by atoms with Crippen LogP contribution in [0.15, 0.2) is 22.7 Å². The zero-order chi connectivity index (χ0) is 12.3. The zero-order valence-electron chi connectivity index (χ0n) is 8.78. The fourth-order valence-corrected chi connectivity index (χ4v) is 3.06. The van der Waals surface area contributed by atoms with Crippen molar-refractivity contribution in [1.82, 2.24) is 0 Å². The van der Waals surface area contributed by atoms with Gasteiger partial charge >= 0.3 is 0 Å². The molecular formula is C10H13BrClNO2S. The number of hydrogen-bond acceptors (Lipinski definition) is 3. The van der Waals surface area contributed by atoms with Gasteiger partial charge in [-0.05, 0) is 24.1 Å². The van der Waals surface area contributed by atoms with Crippen LogP contribution in [0.5, 0.6) is 0 Å². The second-order valence-corrected chi connectivity index (χ2v) is 7.30. The molecule has 0 saturated heterocycles. The van der Waals surface area contributed by atoms with Gasteiger partial charge in [0.15, 0.2) is 0 Å². The molecule has 3 nitrogen and oxygen atoms in total. The average Bonchev–Trinajstić information content (AvgIpc) is 2.06. The van der Waals surface area contributed by atoms with Crippen molar-refractivity contribution < 1.29 is 8.42 Å². The highest BCUT2D eigenvalue weighted by atomic mass is 79.9. The maximum absolute atomic E-state index is 11.1. The third-order valence-corrected chi connectivity index (χ3v) is 3.89. The van der Waals surface area contributed by atoms with Gasteiger partial charge in [0.05, 0.1) is 5.75 Å². The molecule has 1 atom stereocenters. The molecular weight excluding hydrogens is 314 g/mol. The lowest BCUT2D eigenvalue weighted by Gasteiger charge is -2.11. The summed E-state index contributed by atoms with van der Waals surface area (Å²) in [5.41, 5.74) is 6.61. The van der Waals surface area contributed by atoms with Crippen molar-refractivity contribution in [2.75, 3.05) is 12.0 Å². The van der Waals surface area contributed by atoms with Crippen LogP contribution >= 0.6 is 27.5 Å². The van der Waals surface area contributed by atoms with Crippen LogP contribution in [0.2, 0.25) is 5.02 Å². The summed E-state index contributed by atoms with van der Waals surface area (Å²) in [6, 6.07) is 5.04. The normalized spacial score (nSPS) is 13.8. The summed E-state index contributed by atoms with van der Waals surface area (Å²) in [5, 5.41) is 0.596. The van der Waals surface area contributed by atoms with Crippen LogP contribution < -0.4 is 5.73 Å². The molecule has 0 aliphatic heterocycles. The van der Waals surface area contributed by atoms with E-state index in [0.29, 0.717) is 11.4 Å². The van der Waals surface area contributed by atoms with E-state index in [-0.39, 0.29) is 5.75 Å². The van der Waals surface area contributed by atoms with Gasteiger partial charge in [0.1, 0.15) is 9.84 Å². The molecule has 0 aliphatic carbocycles. The molecule has 0 radical (unpaired) electrons. The molecule has 90 valence electrons. The summed E-state index contributed by atoms with van der Waals surface area (Å²) < 4.78 is 23.0. The van der Waals surface area contributed by atoms with Gasteiger partial charge in [-0.3, -0.25) is 0 Å². The van der Waals surface area contributed by atoms with Gasteiger partial charge in [-0.2, -0.15) is 0 Å². The van der Waals surface area contributed by atoms with Crippen molar-refractivity contribution in [3.63, 3.8) is 0 Å². The number of nitrogens with two attached hydrogens (primary N) is 1. The van der Waals surface area contributed by atoms with Gasteiger partial charge < -0.3 is 5.73 Å². The molecule has 0 aliphatic rings. The van der Waals surface area contributed by atoms with Gasteiger partial charge in [0, 0.05) is 21.8 Å². The molecule has 2 N–H and O–H groups in total. The van der Waals surface area contributed by atoms with Crippen molar-refractivity contribution in [1.29, 1.82) is 0 Å². The number of benzene rings is 1. The van der Waals surface area contributed by atoms with E-state index < -0.39 is 15.9 Å². The minimum Gasteiger partial charge on any atom is -0.326 e. The van der Waals surface area contributed by atoms with Crippen LogP contribution in [0.25, 0.3) is 0 Å². The first kappa shape index (κ1) is 14.0. The van der Waals surface area contributed by atoms with Gasteiger partial charge in [-0.1, -0.05) is 33.6 Å². The summed E-state index contributed by atoms with van der Waals surface area (Å²) in [6.07, 6.45) is 1.63. The van der Waals surface area contributed by atoms with E-state index in [9.17, 15) is 8.42 Å². The Bertz CT molecular complexity index is 476. The van der Waals surface area contributed by atoms with Crippen LogP contribution in [0.1, 0.15) is 5.56 Å². The molecule has 1 unspecified atom stereocenters. The Morgan fingerprint density at radius 1 is 1.50 bits per heavy atom. The summed E-state index contributed by atoms with van der Waals surface area (Å²) in [7, 11) is -3.04. The van der Waals surface area contributed by atoms with E-state index in [0.717, 1.165) is 10.0 Å². The molecule has 1 rings (SSSR count). The molecule has 0 aromatic heterocycles. The lowest BCUT2D eigenvalue weighted by atomic mass is 10.1. The predicted molar refractivity (Wildman–Crippen MR) is 70.5 cm³/mol. The Hall–Kier alpha value is -0.100. The molecule has 0 spiro atoms. The van der Waals surface area contributed by atoms with E-state index >= 15 is 0 Å². The molecule has 1 aromatic rings.